The molecule has 1 heterocycles. The Labute approximate surface area is 92.0 Å². The lowest BCUT2D eigenvalue weighted by Gasteiger charge is -2.34. The Morgan fingerprint density at radius 3 is 2.73 bits per heavy atom. The van der Waals surface area contributed by atoms with Crippen LogP contribution in [0.25, 0.3) is 0 Å². The number of nitrogens with one attached hydrogen (secondary N) is 2. The van der Waals surface area contributed by atoms with E-state index in [1.807, 2.05) is 0 Å². The molecule has 0 spiro atoms. The number of carbonyl (C=O) groups is 1. The molecule has 1 aliphatic carbocycles. The van der Waals surface area contributed by atoms with Crippen molar-refractivity contribution in [2.75, 3.05) is 13.1 Å². The summed E-state index contributed by atoms with van der Waals surface area (Å²) in [5.74, 6) is 0.971. The van der Waals surface area contributed by atoms with Crippen LogP contribution in [0.4, 0.5) is 0 Å². The SMILES string of the molecule is CC(NC(=O)C1(C)CCNC1)C1CCC1. The molecule has 86 valence electrons. The summed E-state index contributed by atoms with van der Waals surface area (Å²) >= 11 is 0. The Kier molecular flexibility index (Phi) is 3.01. The molecule has 0 aromatic carbocycles. The van der Waals surface area contributed by atoms with Gasteiger partial charge >= 0.3 is 0 Å². The zero-order valence-corrected chi connectivity index (χ0v) is 9.81. The maximum atomic E-state index is 12.1. The molecule has 2 N–H and O–H groups in total. The maximum absolute atomic E-state index is 12.1. The third kappa shape index (κ3) is 2.17. The Hall–Kier alpha value is -0.570. The van der Waals surface area contributed by atoms with Crippen LogP contribution in [-0.4, -0.2) is 25.0 Å². The predicted octanol–water partition coefficient (Wildman–Crippen LogP) is 1.29. The van der Waals surface area contributed by atoms with Crippen molar-refractivity contribution in [2.24, 2.45) is 11.3 Å². The summed E-state index contributed by atoms with van der Waals surface area (Å²) in [5.41, 5.74) is -0.169. The van der Waals surface area contributed by atoms with Crippen molar-refractivity contribution in [3.63, 3.8) is 0 Å². The van der Waals surface area contributed by atoms with Crippen LogP contribution in [0.15, 0.2) is 0 Å². The Bertz CT molecular complexity index is 242. The predicted molar refractivity (Wildman–Crippen MR) is 60.5 cm³/mol. The quantitative estimate of drug-likeness (QED) is 0.737. The standard InChI is InChI=1S/C12H22N2O/c1-9(10-4-3-5-10)14-11(15)12(2)6-7-13-8-12/h9-10,13H,3-8H2,1-2H3,(H,14,15). The van der Waals surface area contributed by atoms with Gasteiger partial charge in [0.1, 0.15) is 0 Å². The number of hydrogen-bond donors (Lipinski definition) is 2. The first-order valence-electron chi connectivity index (χ1n) is 6.13. The van der Waals surface area contributed by atoms with Gasteiger partial charge in [-0.05, 0) is 45.6 Å². The maximum Gasteiger partial charge on any atom is 0.227 e. The molecule has 0 bridgehead atoms. The Balaban J connectivity index is 1.85. The fraction of sp³-hybridized carbons (Fsp3) is 0.917. The summed E-state index contributed by atoms with van der Waals surface area (Å²) in [5, 5.41) is 6.45. The molecule has 1 aliphatic heterocycles. The van der Waals surface area contributed by atoms with E-state index in [0.717, 1.165) is 25.4 Å². The van der Waals surface area contributed by atoms with Crippen LogP contribution < -0.4 is 10.6 Å². The van der Waals surface area contributed by atoms with Gasteiger partial charge < -0.3 is 10.6 Å². The third-order valence-electron chi connectivity index (χ3n) is 4.13. The van der Waals surface area contributed by atoms with Gasteiger partial charge in [-0.25, -0.2) is 0 Å². The minimum Gasteiger partial charge on any atom is -0.353 e. The summed E-state index contributed by atoms with van der Waals surface area (Å²) in [6.45, 7) is 6.02. The van der Waals surface area contributed by atoms with E-state index in [-0.39, 0.29) is 11.3 Å². The number of amides is 1. The van der Waals surface area contributed by atoms with Crippen molar-refractivity contribution in [3.05, 3.63) is 0 Å². The summed E-state index contributed by atoms with van der Waals surface area (Å²) < 4.78 is 0. The van der Waals surface area contributed by atoms with E-state index >= 15 is 0 Å². The van der Waals surface area contributed by atoms with Crippen LogP contribution >= 0.6 is 0 Å². The molecule has 1 saturated heterocycles. The lowest BCUT2D eigenvalue weighted by atomic mass is 9.79. The largest absolute Gasteiger partial charge is 0.353 e. The highest BCUT2D eigenvalue weighted by Gasteiger charge is 2.37. The fourth-order valence-electron chi connectivity index (χ4n) is 2.45. The molecule has 1 saturated carbocycles. The summed E-state index contributed by atoms with van der Waals surface area (Å²) in [4.78, 5) is 12.1. The highest BCUT2D eigenvalue weighted by molar-refractivity contribution is 5.83. The second kappa shape index (κ2) is 4.12. The molecule has 0 radical (unpaired) electrons. The van der Waals surface area contributed by atoms with Crippen molar-refractivity contribution in [3.8, 4) is 0 Å². The van der Waals surface area contributed by atoms with E-state index in [4.69, 9.17) is 0 Å². The lowest BCUT2D eigenvalue weighted by Crippen LogP contribution is -2.47. The smallest absolute Gasteiger partial charge is 0.227 e. The van der Waals surface area contributed by atoms with Crippen molar-refractivity contribution >= 4 is 5.91 Å². The minimum atomic E-state index is -0.169. The van der Waals surface area contributed by atoms with Crippen LogP contribution in [0.3, 0.4) is 0 Å². The molecule has 0 aromatic heterocycles. The molecule has 2 rings (SSSR count). The topological polar surface area (TPSA) is 41.1 Å². The van der Waals surface area contributed by atoms with Crippen LogP contribution in [0.2, 0.25) is 0 Å². The second-order valence-corrected chi connectivity index (χ2v) is 5.44. The number of rotatable bonds is 3. The second-order valence-electron chi connectivity index (χ2n) is 5.44. The normalized spacial score (nSPS) is 33.5. The van der Waals surface area contributed by atoms with Crippen LogP contribution in [-0.2, 0) is 4.79 Å². The number of carbonyl (C=O) groups excluding carboxylic acids is 1. The van der Waals surface area contributed by atoms with Gasteiger partial charge in [0.15, 0.2) is 0 Å². The number of hydrogen-bond acceptors (Lipinski definition) is 2. The molecular weight excluding hydrogens is 188 g/mol. The van der Waals surface area contributed by atoms with Crippen LogP contribution in [0.1, 0.15) is 39.5 Å². The molecule has 2 atom stereocenters. The summed E-state index contributed by atoms with van der Waals surface area (Å²) in [6, 6.07) is 0.365. The van der Waals surface area contributed by atoms with Crippen molar-refractivity contribution in [1.29, 1.82) is 0 Å². The molecule has 3 heteroatoms. The first kappa shape index (κ1) is 10.9. The molecule has 2 aliphatic rings. The van der Waals surface area contributed by atoms with E-state index in [0.29, 0.717) is 6.04 Å². The first-order valence-corrected chi connectivity index (χ1v) is 6.13. The van der Waals surface area contributed by atoms with Gasteiger partial charge in [0.25, 0.3) is 0 Å². The van der Waals surface area contributed by atoms with Gasteiger partial charge in [-0.1, -0.05) is 6.42 Å². The molecular formula is C12H22N2O. The molecule has 2 unspecified atom stereocenters. The van der Waals surface area contributed by atoms with Crippen molar-refractivity contribution in [1.82, 2.24) is 10.6 Å². The van der Waals surface area contributed by atoms with Gasteiger partial charge in [-0.2, -0.15) is 0 Å². The zero-order valence-electron chi connectivity index (χ0n) is 9.81. The van der Waals surface area contributed by atoms with E-state index in [9.17, 15) is 4.79 Å². The Morgan fingerprint density at radius 2 is 2.27 bits per heavy atom. The van der Waals surface area contributed by atoms with Gasteiger partial charge in [-0.15, -0.1) is 0 Å². The molecule has 1 amide bonds. The van der Waals surface area contributed by atoms with Crippen LogP contribution in [0.5, 0.6) is 0 Å². The highest BCUT2D eigenvalue weighted by atomic mass is 16.2. The third-order valence-corrected chi connectivity index (χ3v) is 4.13. The fourth-order valence-corrected chi connectivity index (χ4v) is 2.45. The molecule has 0 aromatic rings. The average Bonchev–Trinajstić information content (AvgIpc) is 2.50. The molecule has 2 fully saturated rings. The minimum absolute atomic E-state index is 0.169. The van der Waals surface area contributed by atoms with E-state index in [1.54, 1.807) is 0 Å². The first-order chi connectivity index (χ1) is 7.12. The summed E-state index contributed by atoms with van der Waals surface area (Å²) in [7, 11) is 0. The molecule has 15 heavy (non-hydrogen) atoms. The van der Waals surface area contributed by atoms with Gasteiger partial charge in [-0.3, -0.25) is 4.79 Å². The monoisotopic (exact) mass is 210 g/mol. The van der Waals surface area contributed by atoms with E-state index in [1.165, 1.54) is 19.3 Å². The highest BCUT2D eigenvalue weighted by Crippen LogP contribution is 2.31. The van der Waals surface area contributed by atoms with Crippen molar-refractivity contribution < 1.29 is 4.79 Å². The van der Waals surface area contributed by atoms with E-state index in [2.05, 4.69) is 24.5 Å². The average molecular weight is 210 g/mol. The van der Waals surface area contributed by atoms with E-state index < -0.39 is 0 Å². The van der Waals surface area contributed by atoms with Crippen LogP contribution in [0, 0.1) is 11.3 Å². The van der Waals surface area contributed by atoms with Gasteiger partial charge in [0.05, 0.1) is 5.41 Å². The lowest BCUT2D eigenvalue weighted by molar-refractivity contribution is -0.130. The summed E-state index contributed by atoms with van der Waals surface area (Å²) in [6.07, 6.45) is 4.88. The van der Waals surface area contributed by atoms with Gasteiger partial charge in [0.2, 0.25) is 5.91 Å². The van der Waals surface area contributed by atoms with Crippen molar-refractivity contribution in [2.45, 2.75) is 45.6 Å². The molecule has 3 nitrogen and oxygen atoms in total. The zero-order chi connectivity index (χ0) is 10.9. The van der Waals surface area contributed by atoms with Gasteiger partial charge in [0, 0.05) is 12.6 Å². The Morgan fingerprint density at radius 1 is 1.53 bits per heavy atom.